The Kier molecular flexibility index (Phi) is 5.38. The maximum atomic E-state index is 11.6. The quantitative estimate of drug-likeness (QED) is 0.787. The van der Waals surface area contributed by atoms with Gasteiger partial charge in [0.25, 0.3) is 0 Å². The lowest BCUT2D eigenvalue weighted by Gasteiger charge is -2.11. The van der Waals surface area contributed by atoms with Crippen molar-refractivity contribution in [2.45, 2.75) is 12.8 Å². The highest BCUT2D eigenvalue weighted by Crippen LogP contribution is 2.31. The number of hydrogen-bond acceptors (Lipinski definition) is 3. The molecule has 0 heterocycles. The van der Waals surface area contributed by atoms with E-state index in [-0.39, 0.29) is 28.7 Å². The number of benzene rings is 1. The summed E-state index contributed by atoms with van der Waals surface area (Å²) >= 11 is 5.93. The summed E-state index contributed by atoms with van der Waals surface area (Å²) < 4.78 is 4.96. The molecule has 1 aromatic rings. The van der Waals surface area contributed by atoms with Crippen LogP contribution in [-0.2, 0) is 4.79 Å². The molecule has 6 heteroatoms. The zero-order chi connectivity index (χ0) is 14.4. The van der Waals surface area contributed by atoms with Crippen molar-refractivity contribution < 1.29 is 19.4 Å². The maximum Gasteiger partial charge on any atom is 0.339 e. The van der Waals surface area contributed by atoms with Crippen molar-refractivity contribution in [3.63, 3.8) is 0 Å². The number of nitrogens with one attached hydrogen (secondary N) is 1. The van der Waals surface area contributed by atoms with Crippen LogP contribution in [0.5, 0.6) is 5.75 Å². The van der Waals surface area contributed by atoms with Crippen molar-refractivity contribution in [2.75, 3.05) is 12.4 Å². The molecule has 0 radical (unpaired) electrons. The molecule has 0 fully saturated rings. The van der Waals surface area contributed by atoms with Crippen LogP contribution in [0, 0.1) is 0 Å². The van der Waals surface area contributed by atoms with Crippen molar-refractivity contribution in [1.29, 1.82) is 0 Å². The summed E-state index contributed by atoms with van der Waals surface area (Å²) in [5, 5.41) is 11.7. The van der Waals surface area contributed by atoms with Gasteiger partial charge in [-0.25, -0.2) is 4.79 Å². The maximum absolute atomic E-state index is 11.6. The number of aromatic carboxylic acids is 1. The van der Waals surface area contributed by atoms with E-state index in [2.05, 4.69) is 11.9 Å². The van der Waals surface area contributed by atoms with Gasteiger partial charge in [0.15, 0.2) is 0 Å². The van der Waals surface area contributed by atoms with Gasteiger partial charge in [-0.2, -0.15) is 0 Å². The summed E-state index contributed by atoms with van der Waals surface area (Å²) in [6.45, 7) is 3.52. The van der Waals surface area contributed by atoms with Crippen LogP contribution in [0.1, 0.15) is 23.2 Å². The molecule has 0 aliphatic carbocycles. The molecule has 2 N–H and O–H groups in total. The first-order valence-electron chi connectivity index (χ1n) is 5.51. The normalized spacial score (nSPS) is 9.79. The smallest absolute Gasteiger partial charge is 0.339 e. The number of allylic oxidation sites excluding steroid dienone is 1. The zero-order valence-corrected chi connectivity index (χ0v) is 11.2. The molecule has 0 saturated heterocycles. The van der Waals surface area contributed by atoms with Crippen LogP contribution in [-0.4, -0.2) is 24.1 Å². The molecule has 0 aromatic heterocycles. The molecule has 1 rings (SSSR count). The molecule has 0 saturated carbocycles. The van der Waals surface area contributed by atoms with Gasteiger partial charge in [-0.05, 0) is 12.5 Å². The van der Waals surface area contributed by atoms with Crippen LogP contribution in [0.2, 0.25) is 5.02 Å². The summed E-state index contributed by atoms with van der Waals surface area (Å²) in [5.41, 5.74) is 0.258. The number of rotatable bonds is 6. The lowest BCUT2D eigenvalue weighted by molar-refractivity contribution is -0.116. The highest BCUT2D eigenvalue weighted by molar-refractivity contribution is 6.34. The third-order valence-electron chi connectivity index (χ3n) is 2.37. The van der Waals surface area contributed by atoms with Crippen molar-refractivity contribution >= 4 is 29.2 Å². The number of anilines is 1. The number of carboxylic acids is 1. The Hall–Kier alpha value is -2.01. The van der Waals surface area contributed by atoms with E-state index in [0.29, 0.717) is 12.1 Å². The summed E-state index contributed by atoms with van der Waals surface area (Å²) in [6, 6.07) is 2.63. The fraction of sp³-hybridized carbons (Fsp3) is 0.231. The minimum Gasteiger partial charge on any atom is -0.496 e. The van der Waals surface area contributed by atoms with E-state index in [1.54, 1.807) is 6.08 Å². The largest absolute Gasteiger partial charge is 0.496 e. The first-order valence-corrected chi connectivity index (χ1v) is 5.89. The third-order valence-corrected chi connectivity index (χ3v) is 2.68. The summed E-state index contributed by atoms with van der Waals surface area (Å²) in [5.74, 6) is -1.24. The first kappa shape index (κ1) is 15.0. The average molecular weight is 284 g/mol. The van der Waals surface area contributed by atoms with Gasteiger partial charge in [-0.1, -0.05) is 17.7 Å². The van der Waals surface area contributed by atoms with E-state index >= 15 is 0 Å². The van der Waals surface area contributed by atoms with E-state index in [4.69, 9.17) is 21.4 Å². The molecule has 5 nitrogen and oxygen atoms in total. The number of methoxy groups -OCH3 is 1. The van der Waals surface area contributed by atoms with Gasteiger partial charge >= 0.3 is 5.97 Å². The topological polar surface area (TPSA) is 75.6 Å². The Morgan fingerprint density at radius 2 is 2.21 bits per heavy atom. The number of amides is 1. The molecule has 1 amide bonds. The Balaban J connectivity index is 2.99. The second-order valence-electron chi connectivity index (χ2n) is 3.71. The summed E-state index contributed by atoms with van der Waals surface area (Å²) in [4.78, 5) is 22.5. The summed E-state index contributed by atoms with van der Waals surface area (Å²) in [6.07, 6.45) is 2.46. The average Bonchev–Trinajstić information content (AvgIpc) is 2.38. The van der Waals surface area contributed by atoms with Gasteiger partial charge in [0.1, 0.15) is 11.3 Å². The number of hydrogen-bond donors (Lipinski definition) is 2. The molecular formula is C13H14ClNO4. The van der Waals surface area contributed by atoms with Crippen LogP contribution in [0.25, 0.3) is 0 Å². The molecule has 0 spiro atoms. The predicted octanol–water partition coefficient (Wildman–Crippen LogP) is 2.95. The van der Waals surface area contributed by atoms with Crippen LogP contribution in [0.3, 0.4) is 0 Å². The van der Waals surface area contributed by atoms with Gasteiger partial charge in [0, 0.05) is 12.5 Å². The van der Waals surface area contributed by atoms with E-state index in [0.717, 1.165) is 0 Å². The fourth-order valence-electron chi connectivity index (χ4n) is 1.43. The van der Waals surface area contributed by atoms with Crippen molar-refractivity contribution in [2.24, 2.45) is 0 Å². The lowest BCUT2D eigenvalue weighted by Crippen LogP contribution is -2.12. The lowest BCUT2D eigenvalue weighted by atomic mass is 10.1. The summed E-state index contributed by atoms with van der Waals surface area (Å²) in [7, 11) is 1.35. The molecule has 0 bridgehead atoms. The number of halogens is 1. The molecular weight excluding hydrogens is 270 g/mol. The molecule has 0 unspecified atom stereocenters. The Morgan fingerprint density at radius 3 is 2.74 bits per heavy atom. The highest BCUT2D eigenvalue weighted by atomic mass is 35.5. The van der Waals surface area contributed by atoms with Crippen LogP contribution in [0.15, 0.2) is 24.8 Å². The van der Waals surface area contributed by atoms with Gasteiger partial charge < -0.3 is 15.2 Å². The SMILES string of the molecule is C=CCCC(=O)Nc1cc(OC)c(C(=O)O)cc1Cl. The molecule has 19 heavy (non-hydrogen) atoms. The minimum absolute atomic E-state index is 0.0587. The minimum atomic E-state index is -1.15. The molecule has 0 atom stereocenters. The van der Waals surface area contributed by atoms with Crippen molar-refractivity contribution in [3.8, 4) is 5.75 Å². The highest BCUT2D eigenvalue weighted by Gasteiger charge is 2.15. The van der Waals surface area contributed by atoms with Crippen LogP contribution in [0.4, 0.5) is 5.69 Å². The van der Waals surface area contributed by atoms with Crippen LogP contribution < -0.4 is 10.1 Å². The van der Waals surface area contributed by atoms with Crippen molar-refractivity contribution in [1.82, 2.24) is 0 Å². The monoisotopic (exact) mass is 283 g/mol. The second kappa shape index (κ2) is 6.80. The Morgan fingerprint density at radius 1 is 1.53 bits per heavy atom. The number of carbonyl (C=O) groups excluding carboxylic acids is 1. The Labute approximate surface area is 115 Å². The number of carboxylic acid groups (broad SMARTS) is 1. The van der Waals surface area contributed by atoms with E-state index in [1.165, 1.54) is 19.2 Å². The Bertz CT molecular complexity index is 514. The third kappa shape index (κ3) is 3.99. The van der Waals surface area contributed by atoms with Gasteiger partial charge in [-0.15, -0.1) is 6.58 Å². The predicted molar refractivity (Wildman–Crippen MR) is 73.0 cm³/mol. The van der Waals surface area contributed by atoms with Crippen molar-refractivity contribution in [3.05, 3.63) is 35.4 Å². The molecule has 0 aliphatic heterocycles. The van der Waals surface area contributed by atoms with E-state index < -0.39 is 5.97 Å². The fourth-order valence-corrected chi connectivity index (χ4v) is 1.64. The van der Waals surface area contributed by atoms with Crippen LogP contribution >= 0.6 is 11.6 Å². The number of ether oxygens (including phenoxy) is 1. The first-order chi connectivity index (χ1) is 8.99. The standard InChI is InChI=1S/C13H14ClNO4/c1-3-4-5-12(16)15-10-7-11(19-2)8(13(17)18)6-9(10)14/h3,6-7H,1,4-5H2,2H3,(H,15,16)(H,17,18). The van der Waals surface area contributed by atoms with E-state index in [1.807, 2.05) is 0 Å². The van der Waals surface area contributed by atoms with Gasteiger partial charge in [0.05, 0.1) is 17.8 Å². The molecule has 0 aliphatic rings. The van der Waals surface area contributed by atoms with Gasteiger partial charge in [-0.3, -0.25) is 4.79 Å². The van der Waals surface area contributed by atoms with E-state index in [9.17, 15) is 9.59 Å². The zero-order valence-electron chi connectivity index (χ0n) is 10.4. The molecule has 102 valence electrons. The number of carbonyl (C=O) groups is 2. The second-order valence-corrected chi connectivity index (χ2v) is 4.12. The van der Waals surface area contributed by atoms with Gasteiger partial charge in [0.2, 0.25) is 5.91 Å². The molecule has 1 aromatic carbocycles.